The normalized spacial score (nSPS) is 10.8. The third kappa shape index (κ3) is 4.08. The number of anilines is 1. The van der Waals surface area contributed by atoms with E-state index >= 15 is 0 Å². The van der Waals surface area contributed by atoms with Crippen molar-refractivity contribution in [3.05, 3.63) is 70.7 Å². The lowest BCUT2D eigenvalue weighted by Crippen LogP contribution is -2.12. The van der Waals surface area contributed by atoms with Gasteiger partial charge in [-0.1, -0.05) is 23.7 Å². The summed E-state index contributed by atoms with van der Waals surface area (Å²) in [5, 5.41) is 3.15. The van der Waals surface area contributed by atoms with Crippen molar-refractivity contribution in [1.82, 2.24) is 4.98 Å². The molecule has 3 rings (SSSR count). The topological polar surface area (TPSA) is 55.1 Å². The van der Waals surface area contributed by atoms with Crippen molar-refractivity contribution >= 4 is 23.2 Å². The molecule has 3 aromatic rings. The number of hydrogen-bond acceptors (Lipinski definition) is 3. The van der Waals surface area contributed by atoms with Crippen LogP contribution >= 0.6 is 11.6 Å². The van der Waals surface area contributed by atoms with Gasteiger partial charge >= 0.3 is 0 Å². The van der Waals surface area contributed by atoms with Crippen LogP contribution in [0.2, 0.25) is 5.02 Å². The standard InChI is InChI=1S/C19H15ClF2N2O2/c1-11-5-6-15(12(20)9-11)24-17(25)7-8-18-23-10-16(26-18)19-13(21)3-2-4-14(19)22/h2-6,9-10H,7-8H2,1H3,(H,24,25). The molecule has 0 spiro atoms. The van der Waals surface area contributed by atoms with Gasteiger partial charge in [0.05, 0.1) is 22.5 Å². The highest BCUT2D eigenvalue weighted by molar-refractivity contribution is 6.33. The van der Waals surface area contributed by atoms with E-state index in [-0.39, 0.29) is 36.0 Å². The smallest absolute Gasteiger partial charge is 0.224 e. The van der Waals surface area contributed by atoms with Gasteiger partial charge in [-0.05, 0) is 36.8 Å². The molecule has 4 nitrogen and oxygen atoms in total. The van der Waals surface area contributed by atoms with E-state index in [2.05, 4.69) is 10.3 Å². The lowest BCUT2D eigenvalue weighted by atomic mass is 10.1. The molecule has 0 saturated carbocycles. The van der Waals surface area contributed by atoms with Gasteiger partial charge in [0.15, 0.2) is 11.7 Å². The number of halogens is 3. The van der Waals surface area contributed by atoms with Crippen molar-refractivity contribution < 1.29 is 18.0 Å². The summed E-state index contributed by atoms with van der Waals surface area (Å²) in [4.78, 5) is 16.0. The Morgan fingerprint density at radius 2 is 1.96 bits per heavy atom. The molecule has 0 radical (unpaired) electrons. The SMILES string of the molecule is Cc1ccc(NC(=O)CCc2ncc(-c3c(F)cccc3F)o2)c(Cl)c1. The number of amides is 1. The first-order chi connectivity index (χ1) is 12.4. The van der Waals surface area contributed by atoms with Crippen molar-refractivity contribution in [1.29, 1.82) is 0 Å². The summed E-state index contributed by atoms with van der Waals surface area (Å²) in [5.74, 6) is -1.54. The fourth-order valence-electron chi connectivity index (χ4n) is 2.43. The number of hydrogen-bond donors (Lipinski definition) is 1. The summed E-state index contributed by atoms with van der Waals surface area (Å²) < 4.78 is 32.9. The molecule has 1 N–H and O–H groups in total. The molecule has 0 saturated heterocycles. The number of nitrogens with zero attached hydrogens (tertiary/aromatic N) is 1. The molecule has 0 atom stereocenters. The summed E-state index contributed by atoms with van der Waals surface area (Å²) >= 11 is 6.07. The first-order valence-corrected chi connectivity index (χ1v) is 8.27. The van der Waals surface area contributed by atoms with Gasteiger partial charge in [0, 0.05) is 12.8 Å². The van der Waals surface area contributed by atoms with Gasteiger partial charge in [0.1, 0.15) is 11.6 Å². The van der Waals surface area contributed by atoms with Crippen LogP contribution in [0.25, 0.3) is 11.3 Å². The minimum Gasteiger partial charge on any atom is -0.441 e. The Morgan fingerprint density at radius 3 is 2.65 bits per heavy atom. The monoisotopic (exact) mass is 376 g/mol. The molecule has 0 aliphatic carbocycles. The predicted octanol–water partition coefficient (Wildman–Crippen LogP) is 5.15. The van der Waals surface area contributed by atoms with Crippen molar-refractivity contribution in [3.63, 3.8) is 0 Å². The lowest BCUT2D eigenvalue weighted by molar-refractivity contribution is -0.116. The maximum atomic E-state index is 13.8. The van der Waals surface area contributed by atoms with E-state index in [4.69, 9.17) is 16.0 Å². The van der Waals surface area contributed by atoms with Gasteiger partial charge in [0.2, 0.25) is 5.91 Å². The molecule has 1 aromatic heterocycles. The van der Waals surface area contributed by atoms with Crippen LogP contribution in [0, 0.1) is 18.6 Å². The summed E-state index contributed by atoms with van der Waals surface area (Å²) in [6, 6.07) is 8.86. The third-order valence-corrected chi connectivity index (χ3v) is 4.04. The first-order valence-electron chi connectivity index (χ1n) is 7.89. The zero-order valence-electron chi connectivity index (χ0n) is 13.9. The highest BCUT2D eigenvalue weighted by Gasteiger charge is 2.16. The van der Waals surface area contributed by atoms with Gasteiger partial charge < -0.3 is 9.73 Å². The molecule has 0 bridgehead atoms. The van der Waals surface area contributed by atoms with Crippen molar-refractivity contribution in [2.24, 2.45) is 0 Å². The third-order valence-electron chi connectivity index (χ3n) is 3.73. The van der Waals surface area contributed by atoms with E-state index in [1.54, 1.807) is 12.1 Å². The molecular formula is C19H15ClF2N2O2. The number of carbonyl (C=O) groups is 1. The first kappa shape index (κ1) is 18.1. The van der Waals surface area contributed by atoms with E-state index in [1.807, 2.05) is 13.0 Å². The summed E-state index contributed by atoms with van der Waals surface area (Å²) in [6.07, 6.45) is 1.51. The van der Waals surface area contributed by atoms with Crippen LogP contribution in [0.5, 0.6) is 0 Å². The lowest BCUT2D eigenvalue weighted by Gasteiger charge is -2.07. The van der Waals surface area contributed by atoms with Crippen LogP contribution in [0.4, 0.5) is 14.5 Å². The summed E-state index contributed by atoms with van der Waals surface area (Å²) in [7, 11) is 0. The van der Waals surface area contributed by atoms with Crippen molar-refractivity contribution in [2.75, 3.05) is 5.32 Å². The van der Waals surface area contributed by atoms with Gasteiger partial charge in [-0.25, -0.2) is 13.8 Å². The van der Waals surface area contributed by atoms with E-state index in [1.165, 1.54) is 12.3 Å². The van der Waals surface area contributed by atoms with Crippen LogP contribution in [-0.2, 0) is 11.2 Å². The van der Waals surface area contributed by atoms with Gasteiger partial charge in [-0.15, -0.1) is 0 Å². The largest absolute Gasteiger partial charge is 0.441 e. The Bertz CT molecular complexity index is 936. The Hall–Kier alpha value is -2.73. The number of nitrogens with one attached hydrogen (secondary N) is 1. The number of carbonyl (C=O) groups excluding carboxylic acids is 1. The minimum absolute atomic E-state index is 0.0161. The molecule has 26 heavy (non-hydrogen) atoms. The number of benzene rings is 2. The molecule has 2 aromatic carbocycles. The summed E-state index contributed by atoms with van der Waals surface area (Å²) in [6.45, 7) is 1.90. The number of aryl methyl sites for hydroxylation is 2. The maximum Gasteiger partial charge on any atom is 0.224 e. The Labute approximate surface area is 153 Å². The van der Waals surface area contributed by atoms with Crippen LogP contribution in [0.1, 0.15) is 17.9 Å². The fraction of sp³-hybridized carbons (Fsp3) is 0.158. The Balaban J connectivity index is 1.64. The number of aromatic nitrogens is 1. The summed E-state index contributed by atoms with van der Waals surface area (Å²) in [5.41, 5.74) is 1.23. The Morgan fingerprint density at radius 1 is 1.23 bits per heavy atom. The second-order valence-corrected chi connectivity index (χ2v) is 6.15. The predicted molar refractivity (Wildman–Crippen MR) is 95.0 cm³/mol. The molecule has 7 heteroatoms. The van der Waals surface area contributed by atoms with Gasteiger partial charge in [-0.3, -0.25) is 4.79 Å². The van der Waals surface area contributed by atoms with Crippen LogP contribution < -0.4 is 5.32 Å². The van der Waals surface area contributed by atoms with Crippen LogP contribution in [0.15, 0.2) is 47.0 Å². The second-order valence-electron chi connectivity index (χ2n) is 5.75. The van der Waals surface area contributed by atoms with E-state index in [9.17, 15) is 13.6 Å². The van der Waals surface area contributed by atoms with Crippen molar-refractivity contribution in [3.8, 4) is 11.3 Å². The van der Waals surface area contributed by atoms with E-state index in [0.29, 0.717) is 10.7 Å². The highest BCUT2D eigenvalue weighted by atomic mass is 35.5. The molecule has 1 amide bonds. The number of rotatable bonds is 5. The molecule has 0 fully saturated rings. The molecule has 134 valence electrons. The zero-order valence-corrected chi connectivity index (χ0v) is 14.6. The van der Waals surface area contributed by atoms with E-state index < -0.39 is 11.6 Å². The second kappa shape index (κ2) is 7.66. The molecule has 0 unspecified atom stereocenters. The average Bonchev–Trinajstić information content (AvgIpc) is 3.04. The molecule has 0 aliphatic rings. The number of oxazole rings is 1. The molecule has 1 heterocycles. The molecular weight excluding hydrogens is 362 g/mol. The van der Waals surface area contributed by atoms with Crippen molar-refractivity contribution in [2.45, 2.75) is 19.8 Å². The van der Waals surface area contributed by atoms with E-state index in [0.717, 1.165) is 17.7 Å². The minimum atomic E-state index is -0.737. The quantitative estimate of drug-likeness (QED) is 0.669. The Kier molecular flexibility index (Phi) is 5.32. The van der Waals surface area contributed by atoms with Gasteiger partial charge in [-0.2, -0.15) is 0 Å². The fourth-order valence-corrected chi connectivity index (χ4v) is 2.71. The van der Waals surface area contributed by atoms with Crippen LogP contribution in [0.3, 0.4) is 0 Å². The zero-order chi connectivity index (χ0) is 18.7. The molecule has 0 aliphatic heterocycles. The maximum absolute atomic E-state index is 13.8. The van der Waals surface area contributed by atoms with Crippen LogP contribution in [-0.4, -0.2) is 10.9 Å². The van der Waals surface area contributed by atoms with Gasteiger partial charge in [0.25, 0.3) is 0 Å². The highest BCUT2D eigenvalue weighted by Crippen LogP contribution is 2.27. The average molecular weight is 377 g/mol.